The molecular formula is C18H24N4O3. The van der Waals surface area contributed by atoms with Gasteiger partial charge in [-0.05, 0) is 31.5 Å². The van der Waals surface area contributed by atoms with Crippen LogP contribution in [0.25, 0.3) is 0 Å². The predicted octanol–water partition coefficient (Wildman–Crippen LogP) is 1.13. The molecular weight excluding hydrogens is 320 g/mol. The van der Waals surface area contributed by atoms with Crippen LogP contribution in [0.3, 0.4) is 0 Å². The summed E-state index contributed by atoms with van der Waals surface area (Å²) >= 11 is 0. The van der Waals surface area contributed by atoms with E-state index in [1.54, 1.807) is 0 Å². The molecule has 134 valence electrons. The summed E-state index contributed by atoms with van der Waals surface area (Å²) in [5.41, 5.74) is 1.13. The smallest absolute Gasteiger partial charge is 0.234 e. The molecule has 0 fully saturated rings. The minimum absolute atomic E-state index is 0.0639. The quantitative estimate of drug-likeness (QED) is 0.787. The molecule has 2 atom stereocenters. The van der Waals surface area contributed by atoms with Gasteiger partial charge < -0.3 is 20.1 Å². The van der Waals surface area contributed by atoms with Crippen LogP contribution in [0.5, 0.6) is 11.5 Å². The maximum absolute atomic E-state index is 12.0. The summed E-state index contributed by atoms with van der Waals surface area (Å²) < 4.78 is 13.3. The van der Waals surface area contributed by atoms with E-state index in [0.29, 0.717) is 18.9 Å². The first kappa shape index (κ1) is 17.3. The molecule has 7 heteroatoms. The van der Waals surface area contributed by atoms with Gasteiger partial charge in [0.2, 0.25) is 5.91 Å². The Morgan fingerprint density at radius 3 is 2.96 bits per heavy atom. The first-order valence-electron chi connectivity index (χ1n) is 8.48. The topological polar surface area (TPSA) is 77.4 Å². The number of carbonyl (C=O) groups is 1. The molecule has 3 rings (SSSR count). The van der Waals surface area contributed by atoms with E-state index in [1.807, 2.05) is 55.2 Å². The number of para-hydroxylation sites is 2. The third kappa shape index (κ3) is 4.96. The van der Waals surface area contributed by atoms with Crippen LogP contribution < -0.4 is 20.1 Å². The highest BCUT2D eigenvalue weighted by molar-refractivity contribution is 5.78. The molecule has 0 aliphatic carbocycles. The molecule has 7 nitrogen and oxygen atoms in total. The Hall–Kier alpha value is -2.54. The minimum Gasteiger partial charge on any atom is -0.486 e. The molecule has 2 heterocycles. The third-order valence-corrected chi connectivity index (χ3v) is 3.93. The van der Waals surface area contributed by atoms with E-state index in [1.165, 1.54) is 0 Å². The van der Waals surface area contributed by atoms with E-state index < -0.39 is 0 Å². The fourth-order valence-corrected chi connectivity index (χ4v) is 2.63. The largest absolute Gasteiger partial charge is 0.486 e. The van der Waals surface area contributed by atoms with Gasteiger partial charge in [0.15, 0.2) is 11.5 Å². The van der Waals surface area contributed by atoms with Crippen molar-refractivity contribution < 1.29 is 14.3 Å². The zero-order chi connectivity index (χ0) is 17.6. The van der Waals surface area contributed by atoms with Crippen molar-refractivity contribution in [1.82, 2.24) is 20.4 Å². The van der Waals surface area contributed by atoms with Gasteiger partial charge in [-0.3, -0.25) is 9.48 Å². The molecule has 0 spiro atoms. The van der Waals surface area contributed by atoms with E-state index >= 15 is 0 Å². The lowest BCUT2D eigenvalue weighted by molar-refractivity contribution is -0.120. The second kappa shape index (κ2) is 8.02. The van der Waals surface area contributed by atoms with Crippen LogP contribution in [-0.4, -0.2) is 47.5 Å². The number of aromatic nitrogens is 2. The van der Waals surface area contributed by atoms with Gasteiger partial charge in [-0.15, -0.1) is 0 Å². The van der Waals surface area contributed by atoms with Crippen LogP contribution in [-0.2, 0) is 11.3 Å². The molecule has 1 aromatic heterocycles. The lowest BCUT2D eigenvalue weighted by Gasteiger charge is -2.26. The maximum atomic E-state index is 12.0. The van der Waals surface area contributed by atoms with Crippen molar-refractivity contribution in [1.29, 1.82) is 0 Å². The zero-order valence-electron chi connectivity index (χ0n) is 14.6. The molecule has 2 N–H and O–H groups in total. The normalized spacial score (nSPS) is 17.1. The van der Waals surface area contributed by atoms with E-state index in [-0.39, 0.29) is 24.6 Å². The number of fused-ring (bicyclic) bond motifs is 1. The molecule has 0 bridgehead atoms. The van der Waals surface area contributed by atoms with Crippen LogP contribution in [0.15, 0.2) is 36.7 Å². The summed E-state index contributed by atoms with van der Waals surface area (Å²) in [6.45, 7) is 5.86. The fraction of sp³-hybridized carbons (Fsp3) is 0.444. The number of hydrogen-bond donors (Lipinski definition) is 2. The molecule has 25 heavy (non-hydrogen) atoms. The van der Waals surface area contributed by atoms with Gasteiger partial charge in [0.25, 0.3) is 0 Å². The summed E-state index contributed by atoms with van der Waals surface area (Å²) in [5.74, 6) is 1.40. The van der Waals surface area contributed by atoms with Gasteiger partial charge in [0.05, 0.1) is 25.8 Å². The monoisotopic (exact) mass is 344 g/mol. The standard InChI is InChI=1S/C18H24N4O3/c1-13-7-21-22(10-13)11-14(2)19-9-18(23)20-8-15-12-24-16-5-3-4-6-17(16)25-15/h3-7,10,14-15,19H,8-9,11-12H2,1-2H3,(H,20,23)/t14-,15+/m0/s1. The van der Waals surface area contributed by atoms with E-state index in [0.717, 1.165) is 17.9 Å². The molecule has 1 amide bonds. The van der Waals surface area contributed by atoms with E-state index in [4.69, 9.17) is 9.47 Å². The average molecular weight is 344 g/mol. The van der Waals surface area contributed by atoms with Crippen molar-refractivity contribution in [3.8, 4) is 11.5 Å². The van der Waals surface area contributed by atoms with Crippen LogP contribution in [0.1, 0.15) is 12.5 Å². The summed E-state index contributed by atoms with van der Waals surface area (Å²) in [6.07, 6.45) is 3.63. The minimum atomic E-state index is -0.177. The van der Waals surface area contributed by atoms with Crippen LogP contribution in [0.4, 0.5) is 0 Å². The van der Waals surface area contributed by atoms with Crippen LogP contribution in [0, 0.1) is 6.92 Å². The lowest BCUT2D eigenvalue weighted by Crippen LogP contribution is -2.45. The number of benzene rings is 1. The van der Waals surface area contributed by atoms with E-state index in [9.17, 15) is 4.79 Å². The van der Waals surface area contributed by atoms with Crippen molar-refractivity contribution >= 4 is 5.91 Å². The zero-order valence-corrected chi connectivity index (χ0v) is 14.6. The van der Waals surface area contributed by atoms with Gasteiger partial charge >= 0.3 is 0 Å². The van der Waals surface area contributed by atoms with Gasteiger partial charge in [-0.2, -0.15) is 5.10 Å². The molecule has 2 aromatic rings. The summed E-state index contributed by atoms with van der Waals surface area (Å²) in [4.78, 5) is 12.0. The average Bonchev–Trinajstić information content (AvgIpc) is 3.02. The summed E-state index contributed by atoms with van der Waals surface area (Å²) in [5, 5.41) is 10.3. The Labute approximate surface area is 147 Å². The van der Waals surface area contributed by atoms with Gasteiger partial charge in [0, 0.05) is 12.2 Å². The SMILES string of the molecule is Cc1cnn(C[C@H](C)NCC(=O)NC[C@@H]2COc3ccccc3O2)c1. The molecule has 1 aliphatic rings. The second-order valence-electron chi connectivity index (χ2n) is 6.32. The molecule has 1 aromatic carbocycles. The van der Waals surface area contributed by atoms with Gasteiger partial charge in [0.1, 0.15) is 12.7 Å². The summed E-state index contributed by atoms with van der Waals surface area (Å²) in [7, 11) is 0. The lowest BCUT2D eigenvalue weighted by atomic mass is 10.2. The molecule has 0 saturated carbocycles. The Bertz CT molecular complexity index is 716. The van der Waals surface area contributed by atoms with Crippen molar-refractivity contribution in [2.45, 2.75) is 32.5 Å². The van der Waals surface area contributed by atoms with Crippen molar-refractivity contribution in [2.75, 3.05) is 19.7 Å². The van der Waals surface area contributed by atoms with Crippen molar-refractivity contribution in [3.05, 3.63) is 42.2 Å². The van der Waals surface area contributed by atoms with Crippen LogP contribution >= 0.6 is 0 Å². The highest BCUT2D eigenvalue weighted by Gasteiger charge is 2.21. The number of hydrogen-bond acceptors (Lipinski definition) is 5. The molecule has 0 unspecified atom stereocenters. The highest BCUT2D eigenvalue weighted by atomic mass is 16.6. The Morgan fingerprint density at radius 2 is 2.20 bits per heavy atom. The van der Waals surface area contributed by atoms with Crippen molar-refractivity contribution in [3.63, 3.8) is 0 Å². The van der Waals surface area contributed by atoms with Crippen LogP contribution in [0.2, 0.25) is 0 Å². The molecule has 0 saturated heterocycles. The first-order valence-corrected chi connectivity index (χ1v) is 8.48. The summed E-state index contributed by atoms with van der Waals surface area (Å²) in [6, 6.07) is 7.68. The van der Waals surface area contributed by atoms with Gasteiger partial charge in [-0.1, -0.05) is 12.1 Å². The van der Waals surface area contributed by atoms with E-state index in [2.05, 4.69) is 15.7 Å². The molecule has 1 aliphatic heterocycles. The second-order valence-corrected chi connectivity index (χ2v) is 6.32. The molecule has 0 radical (unpaired) electrons. The number of nitrogens with one attached hydrogen (secondary N) is 2. The number of amides is 1. The third-order valence-electron chi connectivity index (χ3n) is 3.93. The Kier molecular flexibility index (Phi) is 5.55. The number of rotatable bonds is 7. The highest BCUT2D eigenvalue weighted by Crippen LogP contribution is 2.30. The fourth-order valence-electron chi connectivity index (χ4n) is 2.63. The first-order chi connectivity index (χ1) is 12.1. The maximum Gasteiger partial charge on any atom is 0.234 e. The number of nitrogens with zero attached hydrogens (tertiary/aromatic N) is 2. The van der Waals surface area contributed by atoms with Crippen molar-refractivity contribution in [2.24, 2.45) is 0 Å². The van der Waals surface area contributed by atoms with Gasteiger partial charge in [-0.25, -0.2) is 0 Å². The predicted molar refractivity (Wildman–Crippen MR) is 93.8 cm³/mol. The number of carbonyl (C=O) groups excluding carboxylic acids is 1. The number of aryl methyl sites for hydroxylation is 1. The Morgan fingerprint density at radius 1 is 1.40 bits per heavy atom. The number of ether oxygens (including phenoxy) is 2. The Balaban J connectivity index is 1.36.